The van der Waals surface area contributed by atoms with Crippen molar-refractivity contribution in [3.05, 3.63) is 59.0 Å². The first-order valence-electron chi connectivity index (χ1n) is 8.35. The lowest BCUT2D eigenvalue weighted by molar-refractivity contribution is 0.552. The molecule has 0 N–H and O–H groups in total. The fourth-order valence-electron chi connectivity index (χ4n) is 3.07. The van der Waals surface area contributed by atoms with Crippen molar-refractivity contribution in [3.63, 3.8) is 0 Å². The number of para-hydroxylation sites is 1. The molecule has 25 heavy (non-hydrogen) atoms. The van der Waals surface area contributed by atoms with Gasteiger partial charge in [-0.3, -0.25) is 0 Å². The van der Waals surface area contributed by atoms with Crippen LogP contribution in [-0.2, 0) is 0 Å². The molecular formula is C19H18N4O2. The summed E-state index contributed by atoms with van der Waals surface area (Å²) in [6.07, 6.45) is 0. The normalized spacial score (nSPS) is 11.3. The molecule has 0 aliphatic heterocycles. The molecular weight excluding hydrogens is 316 g/mol. The van der Waals surface area contributed by atoms with Gasteiger partial charge in [-0.05, 0) is 44.2 Å². The number of nitrogens with zero attached hydrogens (tertiary/aromatic N) is 4. The Hall–Kier alpha value is -3.15. The Balaban J connectivity index is 1.88. The molecule has 2 heterocycles. The van der Waals surface area contributed by atoms with E-state index in [0.29, 0.717) is 11.3 Å². The van der Waals surface area contributed by atoms with E-state index in [1.807, 2.05) is 42.5 Å². The highest BCUT2D eigenvalue weighted by atomic mass is 16.4. The van der Waals surface area contributed by atoms with Crippen LogP contribution < -0.4 is 10.5 Å². The lowest BCUT2D eigenvalue weighted by atomic mass is 10.2. The van der Waals surface area contributed by atoms with Crippen molar-refractivity contribution in [2.24, 2.45) is 0 Å². The number of anilines is 1. The molecule has 126 valence electrons. The fraction of sp³-hybridized carbons (Fsp3) is 0.211. The Labute approximate surface area is 144 Å². The Morgan fingerprint density at radius 2 is 1.88 bits per heavy atom. The highest BCUT2D eigenvalue weighted by Gasteiger charge is 2.13. The second-order valence-electron chi connectivity index (χ2n) is 5.80. The highest BCUT2D eigenvalue weighted by Crippen LogP contribution is 2.23. The van der Waals surface area contributed by atoms with E-state index >= 15 is 0 Å². The summed E-state index contributed by atoms with van der Waals surface area (Å²) in [5.41, 5.74) is 3.05. The monoisotopic (exact) mass is 334 g/mol. The van der Waals surface area contributed by atoms with Gasteiger partial charge in [0.2, 0.25) is 0 Å². The van der Waals surface area contributed by atoms with Gasteiger partial charge in [0.15, 0.2) is 5.69 Å². The summed E-state index contributed by atoms with van der Waals surface area (Å²) in [4.78, 5) is 14.7. The Morgan fingerprint density at radius 3 is 2.68 bits per heavy atom. The first kappa shape index (κ1) is 15.4. The second-order valence-corrected chi connectivity index (χ2v) is 5.80. The summed E-state index contributed by atoms with van der Waals surface area (Å²) < 4.78 is 7.10. The molecule has 0 bridgehead atoms. The van der Waals surface area contributed by atoms with Crippen LogP contribution in [0.4, 0.5) is 5.69 Å². The average molecular weight is 334 g/mol. The minimum Gasteiger partial charge on any atom is -0.421 e. The van der Waals surface area contributed by atoms with Crippen molar-refractivity contribution in [1.82, 2.24) is 15.0 Å². The summed E-state index contributed by atoms with van der Waals surface area (Å²) in [5, 5.41) is 9.06. The van der Waals surface area contributed by atoms with Gasteiger partial charge in [0.25, 0.3) is 0 Å². The van der Waals surface area contributed by atoms with Crippen molar-refractivity contribution >= 4 is 27.7 Å². The summed E-state index contributed by atoms with van der Waals surface area (Å²) >= 11 is 0. The quantitative estimate of drug-likeness (QED) is 0.535. The van der Waals surface area contributed by atoms with Crippen LogP contribution in [-0.4, -0.2) is 28.1 Å². The summed E-state index contributed by atoms with van der Waals surface area (Å²) in [5.74, 6) is 0. The fourth-order valence-corrected chi connectivity index (χ4v) is 3.07. The van der Waals surface area contributed by atoms with Crippen LogP contribution in [0.25, 0.3) is 27.7 Å². The minimum absolute atomic E-state index is 0.358. The van der Waals surface area contributed by atoms with Crippen molar-refractivity contribution in [2.45, 2.75) is 13.8 Å². The van der Waals surface area contributed by atoms with Crippen LogP contribution in [0, 0.1) is 0 Å². The molecule has 2 aromatic heterocycles. The van der Waals surface area contributed by atoms with Gasteiger partial charge in [-0.25, -0.2) is 9.48 Å². The molecule has 0 radical (unpaired) electrons. The van der Waals surface area contributed by atoms with Crippen LogP contribution in [0.3, 0.4) is 0 Å². The average Bonchev–Trinajstić information content (AvgIpc) is 3.06. The Bertz CT molecular complexity index is 1110. The van der Waals surface area contributed by atoms with Crippen molar-refractivity contribution < 1.29 is 4.42 Å². The van der Waals surface area contributed by atoms with E-state index in [2.05, 4.69) is 29.1 Å². The maximum atomic E-state index is 12.5. The zero-order valence-electron chi connectivity index (χ0n) is 14.1. The van der Waals surface area contributed by atoms with Gasteiger partial charge >= 0.3 is 5.63 Å². The number of rotatable bonds is 4. The zero-order chi connectivity index (χ0) is 17.4. The minimum atomic E-state index is -0.431. The van der Waals surface area contributed by atoms with Crippen molar-refractivity contribution in [3.8, 4) is 5.69 Å². The topological polar surface area (TPSA) is 64.2 Å². The molecule has 0 aliphatic rings. The van der Waals surface area contributed by atoms with Gasteiger partial charge in [0, 0.05) is 30.2 Å². The van der Waals surface area contributed by atoms with Crippen molar-refractivity contribution in [1.29, 1.82) is 0 Å². The molecule has 6 nitrogen and oxygen atoms in total. The van der Waals surface area contributed by atoms with E-state index in [9.17, 15) is 4.79 Å². The van der Waals surface area contributed by atoms with Gasteiger partial charge in [-0.1, -0.05) is 17.3 Å². The first-order chi connectivity index (χ1) is 12.2. The molecule has 0 atom stereocenters. The standard InChI is InChI=1S/C19H18N4O2/c1-3-22(4-2)14-10-9-13-11-17(19(24)25-18(13)12-14)23-16-8-6-5-7-15(16)20-21-23/h5-12H,3-4H2,1-2H3. The SMILES string of the molecule is CCN(CC)c1ccc2cc(-n3nnc4ccccc43)c(=O)oc2c1. The van der Waals surface area contributed by atoms with Crippen LogP contribution in [0.15, 0.2) is 57.7 Å². The van der Waals surface area contributed by atoms with Crippen molar-refractivity contribution in [2.75, 3.05) is 18.0 Å². The third kappa shape index (κ3) is 2.55. The lowest BCUT2D eigenvalue weighted by Gasteiger charge is -2.21. The van der Waals surface area contributed by atoms with E-state index in [1.54, 1.807) is 6.07 Å². The molecule has 0 fully saturated rings. The van der Waals surface area contributed by atoms with E-state index < -0.39 is 5.63 Å². The predicted octanol–water partition coefficient (Wildman–Crippen LogP) is 3.37. The molecule has 4 rings (SSSR count). The van der Waals surface area contributed by atoms with Crippen LogP contribution in [0.5, 0.6) is 0 Å². The third-order valence-corrected chi connectivity index (χ3v) is 4.41. The molecule has 6 heteroatoms. The molecule has 0 unspecified atom stereocenters. The summed E-state index contributed by atoms with van der Waals surface area (Å²) in [7, 11) is 0. The van der Waals surface area contributed by atoms with Gasteiger partial charge in [-0.2, -0.15) is 0 Å². The summed E-state index contributed by atoms with van der Waals surface area (Å²) in [6, 6.07) is 15.2. The lowest BCUT2D eigenvalue weighted by Crippen LogP contribution is -2.21. The molecule has 0 aliphatic carbocycles. The zero-order valence-corrected chi connectivity index (χ0v) is 14.1. The Morgan fingerprint density at radius 1 is 1.08 bits per heavy atom. The second kappa shape index (κ2) is 6.05. The number of hydrogen-bond donors (Lipinski definition) is 0. The first-order valence-corrected chi connectivity index (χ1v) is 8.35. The molecule has 4 aromatic rings. The van der Waals surface area contributed by atoms with Crippen LogP contribution in [0.1, 0.15) is 13.8 Å². The maximum Gasteiger partial charge on any atom is 0.362 e. The Kier molecular flexibility index (Phi) is 3.72. The number of fused-ring (bicyclic) bond motifs is 2. The maximum absolute atomic E-state index is 12.5. The predicted molar refractivity (Wildman–Crippen MR) is 98.5 cm³/mol. The molecule has 2 aromatic carbocycles. The number of aromatic nitrogens is 3. The number of hydrogen-bond acceptors (Lipinski definition) is 5. The smallest absolute Gasteiger partial charge is 0.362 e. The molecule has 0 saturated carbocycles. The molecule has 0 spiro atoms. The largest absolute Gasteiger partial charge is 0.421 e. The van der Waals surface area contributed by atoms with E-state index in [-0.39, 0.29) is 0 Å². The molecule has 0 amide bonds. The highest BCUT2D eigenvalue weighted by molar-refractivity contribution is 5.83. The number of benzene rings is 2. The van der Waals surface area contributed by atoms with E-state index in [0.717, 1.165) is 35.2 Å². The van der Waals surface area contributed by atoms with Gasteiger partial charge in [0.05, 0.1) is 5.52 Å². The molecule has 0 saturated heterocycles. The summed E-state index contributed by atoms with van der Waals surface area (Å²) in [6.45, 7) is 6.00. The van der Waals surface area contributed by atoms with E-state index in [4.69, 9.17) is 4.42 Å². The van der Waals surface area contributed by atoms with Gasteiger partial charge in [-0.15, -0.1) is 5.10 Å². The third-order valence-electron chi connectivity index (χ3n) is 4.41. The van der Waals surface area contributed by atoms with E-state index in [1.165, 1.54) is 4.68 Å². The van der Waals surface area contributed by atoms with Crippen LogP contribution in [0.2, 0.25) is 0 Å². The van der Waals surface area contributed by atoms with Crippen LogP contribution >= 0.6 is 0 Å². The van der Waals surface area contributed by atoms with Gasteiger partial charge in [0.1, 0.15) is 11.1 Å². The van der Waals surface area contributed by atoms with Gasteiger partial charge < -0.3 is 9.32 Å².